The van der Waals surface area contributed by atoms with E-state index in [1.807, 2.05) is 53.2 Å². The summed E-state index contributed by atoms with van der Waals surface area (Å²) < 4.78 is 13.1. The molecule has 152 valence electrons. The summed E-state index contributed by atoms with van der Waals surface area (Å²) in [6.07, 6.45) is 20.7. The first-order chi connectivity index (χ1) is 14.7. The quantitative estimate of drug-likeness (QED) is 0.790. The number of ether oxygens (including phenoxy) is 2. The van der Waals surface area contributed by atoms with Gasteiger partial charge in [-0.1, -0.05) is 24.3 Å². The molecule has 2 aliphatic heterocycles. The van der Waals surface area contributed by atoms with Crippen LogP contribution in [0.2, 0.25) is 0 Å². The van der Waals surface area contributed by atoms with Crippen molar-refractivity contribution >= 4 is 24.0 Å². The Labute approximate surface area is 173 Å². The number of hydrogen-bond donors (Lipinski definition) is 1. The van der Waals surface area contributed by atoms with E-state index in [0.717, 1.165) is 16.9 Å². The summed E-state index contributed by atoms with van der Waals surface area (Å²) in [4.78, 5) is 22.2. The average Bonchev–Trinajstić information content (AvgIpc) is 3.34. The van der Waals surface area contributed by atoms with Crippen LogP contribution < -0.4 is 5.73 Å². The number of hydrogen-bond acceptors (Lipinski definition) is 6. The van der Waals surface area contributed by atoms with Crippen LogP contribution in [0.15, 0.2) is 84.3 Å². The molecule has 4 heterocycles. The standard InChI is InChI=1S/C22H21N5O3/c23-21(28)20-12-19-14-26(20)10-8-24-16-29-11-4-2-1-3-6-17-7-5-9-27-13-18(15-30-19)25-22(17)27/h1-13,16,19H,14-15H2,(H2,23,28). The van der Waals surface area contributed by atoms with Crippen LogP contribution in [-0.4, -0.2) is 39.2 Å². The van der Waals surface area contributed by atoms with Crippen LogP contribution in [0.3, 0.4) is 0 Å². The Morgan fingerprint density at radius 3 is 3.03 bits per heavy atom. The molecule has 0 fully saturated rings. The maximum atomic E-state index is 11.8. The van der Waals surface area contributed by atoms with Crippen molar-refractivity contribution in [3.05, 3.63) is 90.5 Å². The first kappa shape index (κ1) is 19.4. The average molecular weight is 403 g/mol. The van der Waals surface area contributed by atoms with E-state index in [1.165, 1.54) is 18.9 Å². The van der Waals surface area contributed by atoms with Gasteiger partial charge in [0.15, 0.2) is 6.40 Å². The highest BCUT2D eigenvalue weighted by molar-refractivity contribution is 5.92. The Morgan fingerprint density at radius 1 is 1.23 bits per heavy atom. The van der Waals surface area contributed by atoms with Gasteiger partial charge in [0.2, 0.25) is 0 Å². The Balaban J connectivity index is 1.62. The van der Waals surface area contributed by atoms with Gasteiger partial charge in [0, 0.05) is 30.4 Å². The molecule has 1 atom stereocenters. The minimum Gasteiger partial charge on any atom is -0.453 e. The van der Waals surface area contributed by atoms with Gasteiger partial charge < -0.3 is 24.5 Å². The number of fused-ring (bicyclic) bond motifs is 3. The molecule has 4 rings (SSSR count). The van der Waals surface area contributed by atoms with Gasteiger partial charge in [-0.2, -0.15) is 0 Å². The molecule has 1 amide bonds. The fourth-order valence-corrected chi connectivity index (χ4v) is 3.16. The highest BCUT2D eigenvalue weighted by atomic mass is 16.5. The molecule has 1 unspecified atom stereocenters. The smallest absolute Gasteiger partial charge is 0.265 e. The SMILES string of the molecule is NC(=O)C1=CC2CN1C=CN=COC=CC=CC=Cc1cccn3cc(nc13)CO2. The summed E-state index contributed by atoms with van der Waals surface area (Å²) >= 11 is 0. The molecule has 2 N–H and O–H groups in total. The largest absolute Gasteiger partial charge is 0.453 e. The number of carbonyl (C=O) groups excluding carboxylic acids is 1. The highest BCUT2D eigenvalue weighted by Gasteiger charge is 2.26. The lowest BCUT2D eigenvalue weighted by Crippen LogP contribution is -2.26. The first-order valence-electron chi connectivity index (χ1n) is 9.41. The number of nitrogens with two attached hydrogens (primary N) is 1. The Kier molecular flexibility index (Phi) is 5.86. The van der Waals surface area contributed by atoms with Gasteiger partial charge in [0.05, 0.1) is 31.2 Å². The molecule has 0 radical (unpaired) electrons. The van der Waals surface area contributed by atoms with Crippen molar-refractivity contribution in [1.29, 1.82) is 0 Å². The molecule has 0 saturated heterocycles. The molecule has 2 aliphatic rings. The van der Waals surface area contributed by atoms with Crippen molar-refractivity contribution in [2.75, 3.05) is 6.54 Å². The monoisotopic (exact) mass is 403 g/mol. The summed E-state index contributed by atoms with van der Waals surface area (Å²) in [5.41, 5.74) is 8.49. The van der Waals surface area contributed by atoms with E-state index in [0.29, 0.717) is 18.8 Å². The van der Waals surface area contributed by atoms with Gasteiger partial charge >= 0.3 is 0 Å². The van der Waals surface area contributed by atoms with E-state index in [-0.39, 0.29) is 6.10 Å². The number of nitrogens with zero attached hydrogens (tertiary/aromatic N) is 4. The van der Waals surface area contributed by atoms with Crippen molar-refractivity contribution in [2.45, 2.75) is 12.7 Å². The summed E-state index contributed by atoms with van der Waals surface area (Å²) in [6.45, 7) is 0.767. The molecule has 8 nitrogen and oxygen atoms in total. The number of carbonyl (C=O) groups is 1. The van der Waals surface area contributed by atoms with Crippen molar-refractivity contribution in [1.82, 2.24) is 14.3 Å². The van der Waals surface area contributed by atoms with Gasteiger partial charge in [-0.05, 0) is 24.3 Å². The topological polar surface area (TPSA) is 94.5 Å². The van der Waals surface area contributed by atoms with Crippen LogP contribution in [0.5, 0.6) is 0 Å². The van der Waals surface area contributed by atoms with Crippen LogP contribution in [0.1, 0.15) is 11.3 Å². The fourth-order valence-electron chi connectivity index (χ4n) is 3.16. The lowest BCUT2D eigenvalue weighted by atomic mass is 10.2. The maximum absolute atomic E-state index is 11.8. The first-order valence-corrected chi connectivity index (χ1v) is 9.41. The number of pyridine rings is 1. The van der Waals surface area contributed by atoms with Gasteiger partial charge in [0.25, 0.3) is 5.91 Å². The fraction of sp³-hybridized carbons (Fsp3) is 0.136. The summed E-state index contributed by atoms with van der Waals surface area (Å²) in [7, 11) is 0. The molecule has 2 aromatic rings. The van der Waals surface area contributed by atoms with Crippen molar-refractivity contribution in [2.24, 2.45) is 10.7 Å². The molecule has 8 heteroatoms. The molecule has 0 aromatic carbocycles. The second kappa shape index (κ2) is 9.06. The van der Waals surface area contributed by atoms with Gasteiger partial charge in [-0.15, -0.1) is 0 Å². The molecule has 0 spiro atoms. The molecular weight excluding hydrogens is 382 g/mol. The third kappa shape index (κ3) is 4.56. The molecule has 30 heavy (non-hydrogen) atoms. The van der Waals surface area contributed by atoms with E-state index in [2.05, 4.69) is 4.99 Å². The van der Waals surface area contributed by atoms with Crippen LogP contribution in [0.25, 0.3) is 11.7 Å². The van der Waals surface area contributed by atoms with Gasteiger partial charge in [0.1, 0.15) is 11.3 Å². The number of amides is 1. The van der Waals surface area contributed by atoms with E-state index in [9.17, 15) is 4.79 Å². The van der Waals surface area contributed by atoms with E-state index in [4.69, 9.17) is 20.2 Å². The van der Waals surface area contributed by atoms with Crippen LogP contribution >= 0.6 is 0 Å². The lowest BCUT2D eigenvalue weighted by molar-refractivity contribution is -0.115. The van der Waals surface area contributed by atoms with E-state index < -0.39 is 5.91 Å². The zero-order chi connectivity index (χ0) is 20.8. The molecule has 0 aliphatic carbocycles. The number of allylic oxidation sites excluding steroid dienone is 4. The normalized spacial score (nSPS) is 19.3. The van der Waals surface area contributed by atoms with Gasteiger partial charge in [-0.25, -0.2) is 9.98 Å². The van der Waals surface area contributed by atoms with Crippen molar-refractivity contribution in [3.8, 4) is 0 Å². The van der Waals surface area contributed by atoms with E-state index in [1.54, 1.807) is 23.3 Å². The molecule has 4 bridgehead atoms. The Morgan fingerprint density at radius 2 is 2.13 bits per heavy atom. The number of aliphatic imine (C=N–C) groups is 1. The number of primary amides is 1. The van der Waals surface area contributed by atoms with Crippen molar-refractivity contribution < 1.29 is 14.3 Å². The zero-order valence-corrected chi connectivity index (χ0v) is 16.2. The minimum atomic E-state index is -0.525. The van der Waals surface area contributed by atoms with Crippen LogP contribution in [-0.2, 0) is 20.9 Å². The predicted octanol–water partition coefficient (Wildman–Crippen LogP) is 2.52. The Bertz CT molecular complexity index is 1110. The van der Waals surface area contributed by atoms with Gasteiger partial charge in [-0.3, -0.25) is 4.79 Å². The van der Waals surface area contributed by atoms with Crippen LogP contribution in [0.4, 0.5) is 0 Å². The number of imidazole rings is 1. The maximum Gasteiger partial charge on any atom is 0.265 e. The summed E-state index contributed by atoms with van der Waals surface area (Å²) in [6, 6.07) is 3.97. The molecule has 2 aromatic heterocycles. The highest BCUT2D eigenvalue weighted by Crippen LogP contribution is 2.20. The zero-order valence-electron chi connectivity index (χ0n) is 16.2. The minimum absolute atomic E-state index is 0.291. The summed E-state index contributed by atoms with van der Waals surface area (Å²) in [5.74, 6) is -0.525. The molecule has 0 saturated carbocycles. The Hall–Kier alpha value is -3.91. The van der Waals surface area contributed by atoms with E-state index >= 15 is 0 Å². The third-order valence-corrected chi connectivity index (χ3v) is 4.51. The summed E-state index contributed by atoms with van der Waals surface area (Å²) in [5, 5.41) is 0. The van der Waals surface area contributed by atoms with Crippen molar-refractivity contribution in [3.63, 3.8) is 0 Å². The number of rotatable bonds is 1. The third-order valence-electron chi connectivity index (χ3n) is 4.51. The molecular formula is C22H21N5O3. The van der Waals surface area contributed by atoms with Crippen LogP contribution in [0, 0.1) is 0 Å². The predicted molar refractivity (Wildman–Crippen MR) is 114 cm³/mol. The lowest BCUT2D eigenvalue weighted by Gasteiger charge is -2.16. The second-order valence-corrected chi connectivity index (χ2v) is 6.61. The second-order valence-electron chi connectivity index (χ2n) is 6.61. The number of aromatic nitrogens is 2.